The van der Waals surface area contributed by atoms with Crippen molar-refractivity contribution in [1.82, 2.24) is 15.5 Å². The molecule has 2 amide bonds. The number of hydrogen-bond donors (Lipinski definition) is 3. The minimum atomic E-state index is -0.640. The van der Waals surface area contributed by atoms with Gasteiger partial charge >= 0.3 is 6.03 Å². The topological polar surface area (TPSA) is 64.6 Å². The van der Waals surface area contributed by atoms with Crippen molar-refractivity contribution in [2.45, 2.75) is 38.0 Å². The molecule has 1 aromatic heterocycles. The summed E-state index contributed by atoms with van der Waals surface area (Å²) >= 11 is 1.53. The minimum absolute atomic E-state index is 0.227. The molecule has 2 rings (SSSR count). The molecule has 3 N–H and O–H groups in total. The average molecular weight is 297 g/mol. The predicted octanol–water partition coefficient (Wildman–Crippen LogP) is 1.56. The van der Waals surface area contributed by atoms with Crippen molar-refractivity contribution in [3.63, 3.8) is 0 Å². The van der Waals surface area contributed by atoms with Crippen LogP contribution in [0.5, 0.6) is 0 Å². The Bertz CT molecular complexity index is 420. The summed E-state index contributed by atoms with van der Waals surface area (Å²) in [7, 11) is 2.10. The molecule has 0 bridgehead atoms. The molecular formula is C14H23N3O2S. The highest BCUT2D eigenvalue weighted by atomic mass is 32.1. The smallest absolute Gasteiger partial charge is 0.314 e. The van der Waals surface area contributed by atoms with Crippen LogP contribution in [-0.4, -0.2) is 48.3 Å². The van der Waals surface area contributed by atoms with E-state index in [0.717, 1.165) is 5.56 Å². The van der Waals surface area contributed by atoms with E-state index in [1.807, 2.05) is 16.8 Å². The highest BCUT2D eigenvalue weighted by Gasteiger charge is 2.29. The van der Waals surface area contributed by atoms with Crippen molar-refractivity contribution in [3.8, 4) is 0 Å². The van der Waals surface area contributed by atoms with Crippen LogP contribution in [-0.2, 0) is 0 Å². The summed E-state index contributed by atoms with van der Waals surface area (Å²) in [4.78, 5) is 14.0. The fraction of sp³-hybridized carbons (Fsp3) is 0.643. The number of carbonyl (C=O) groups excluding carboxylic acids is 1. The second kappa shape index (κ2) is 7.06. The van der Waals surface area contributed by atoms with E-state index in [0.29, 0.717) is 18.6 Å². The van der Waals surface area contributed by atoms with Gasteiger partial charge < -0.3 is 15.7 Å². The number of amides is 2. The summed E-state index contributed by atoms with van der Waals surface area (Å²) < 4.78 is 0. The molecule has 6 heteroatoms. The summed E-state index contributed by atoms with van der Waals surface area (Å²) in [6, 6.07) is 2.65. The number of hydrogen-bond acceptors (Lipinski definition) is 4. The van der Waals surface area contributed by atoms with E-state index in [1.165, 1.54) is 24.2 Å². The fourth-order valence-electron chi connectivity index (χ4n) is 2.06. The first-order valence-electron chi connectivity index (χ1n) is 7.01. The van der Waals surface area contributed by atoms with Crippen molar-refractivity contribution in [2.24, 2.45) is 0 Å². The quantitative estimate of drug-likeness (QED) is 0.716. The molecule has 0 saturated heterocycles. The Morgan fingerprint density at radius 3 is 2.80 bits per heavy atom. The zero-order valence-electron chi connectivity index (χ0n) is 12.0. The molecule has 2 atom stereocenters. The van der Waals surface area contributed by atoms with Crippen LogP contribution in [0, 0.1) is 0 Å². The van der Waals surface area contributed by atoms with Gasteiger partial charge in [0.25, 0.3) is 0 Å². The molecular weight excluding hydrogens is 274 g/mol. The van der Waals surface area contributed by atoms with E-state index in [1.54, 1.807) is 0 Å². The molecule has 20 heavy (non-hydrogen) atoms. The second-order valence-corrected chi connectivity index (χ2v) is 6.19. The first-order valence-corrected chi connectivity index (χ1v) is 7.96. The lowest BCUT2D eigenvalue weighted by molar-refractivity contribution is 0.172. The number of aliphatic hydroxyl groups excluding tert-OH is 1. The number of nitrogens with one attached hydrogen (secondary N) is 2. The molecule has 1 heterocycles. The maximum atomic E-state index is 11.7. The van der Waals surface area contributed by atoms with Crippen LogP contribution in [0.25, 0.3) is 0 Å². The molecule has 1 aliphatic carbocycles. The van der Waals surface area contributed by atoms with Crippen LogP contribution in [0.3, 0.4) is 0 Å². The Balaban J connectivity index is 1.62. The Morgan fingerprint density at radius 1 is 1.50 bits per heavy atom. The average Bonchev–Trinajstić information content (AvgIpc) is 3.15. The molecule has 1 aromatic rings. The van der Waals surface area contributed by atoms with Crippen LogP contribution < -0.4 is 10.6 Å². The van der Waals surface area contributed by atoms with Gasteiger partial charge in [-0.1, -0.05) is 0 Å². The lowest BCUT2D eigenvalue weighted by atomic mass is 10.2. The first-order chi connectivity index (χ1) is 9.58. The SMILES string of the molecule is CC(CNC(=O)NCC(O)c1ccsc1)N(C)C1CC1. The van der Waals surface area contributed by atoms with E-state index in [9.17, 15) is 9.90 Å². The maximum absolute atomic E-state index is 11.7. The van der Waals surface area contributed by atoms with E-state index in [2.05, 4.69) is 29.5 Å². The molecule has 0 spiro atoms. The van der Waals surface area contributed by atoms with Crippen LogP contribution in [0.2, 0.25) is 0 Å². The summed E-state index contributed by atoms with van der Waals surface area (Å²) in [5.74, 6) is 0. The lowest BCUT2D eigenvalue weighted by Gasteiger charge is -2.24. The van der Waals surface area contributed by atoms with Crippen molar-refractivity contribution in [2.75, 3.05) is 20.1 Å². The third kappa shape index (κ3) is 4.47. The van der Waals surface area contributed by atoms with Gasteiger partial charge in [0.15, 0.2) is 0 Å². The normalized spacial score (nSPS) is 17.8. The number of carbonyl (C=O) groups is 1. The van der Waals surface area contributed by atoms with Crippen LogP contribution in [0.4, 0.5) is 4.79 Å². The number of thiophene rings is 1. The Morgan fingerprint density at radius 2 is 2.20 bits per heavy atom. The predicted molar refractivity (Wildman–Crippen MR) is 80.9 cm³/mol. The van der Waals surface area contributed by atoms with Gasteiger partial charge in [-0.15, -0.1) is 0 Å². The van der Waals surface area contributed by atoms with Crippen molar-refractivity contribution >= 4 is 17.4 Å². The molecule has 2 unspecified atom stereocenters. The number of urea groups is 1. The standard InChI is InChI=1S/C14H23N3O2S/c1-10(17(2)12-3-4-12)7-15-14(19)16-8-13(18)11-5-6-20-9-11/h5-6,9-10,12-13,18H,3-4,7-8H2,1-2H3,(H2,15,16,19). The van der Waals surface area contributed by atoms with Gasteiger partial charge in [-0.25, -0.2) is 4.79 Å². The summed E-state index contributed by atoms with van der Waals surface area (Å²) in [5, 5.41) is 19.2. The van der Waals surface area contributed by atoms with Crippen LogP contribution >= 0.6 is 11.3 Å². The lowest BCUT2D eigenvalue weighted by Crippen LogP contribution is -2.45. The second-order valence-electron chi connectivity index (χ2n) is 5.41. The van der Waals surface area contributed by atoms with Gasteiger partial charge in [0, 0.05) is 25.2 Å². The van der Waals surface area contributed by atoms with Gasteiger partial charge in [-0.3, -0.25) is 4.90 Å². The summed E-state index contributed by atoms with van der Waals surface area (Å²) in [6.07, 6.45) is 1.89. The molecule has 0 aromatic carbocycles. The molecule has 112 valence electrons. The fourth-order valence-corrected chi connectivity index (χ4v) is 2.77. The molecule has 5 nitrogen and oxygen atoms in total. The zero-order valence-corrected chi connectivity index (χ0v) is 12.8. The van der Waals surface area contributed by atoms with Crippen molar-refractivity contribution < 1.29 is 9.90 Å². The van der Waals surface area contributed by atoms with Crippen molar-refractivity contribution in [1.29, 1.82) is 0 Å². The Labute approximate surface area is 124 Å². The van der Waals surface area contributed by atoms with Crippen LogP contribution in [0.15, 0.2) is 16.8 Å². The maximum Gasteiger partial charge on any atom is 0.314 e. The third-order valence-electron chi connectivity index (χ3n) is 3.76. The largest absolute Gasteiger partial charge is 0.387 e. The van der Waals surface area contributed by atoms with Gasteiger partial charge in [0.05, 0.1) is 6.10 Å². The summed E-state index contributed by atoms with van der Waals surface area (Å²) in [6.45, 7) is 2.96. The monoisotopic (exact) mass is 297 g/mol. The van der Waals surface area contributed by atoms with Gasteiger partial charge in [0.2, 0.25) is 0 Å². The van der Waals surface area contributed by atoms with Gasteiger partial charge in [0.1, 0.15) is 0 Å². The molecule has 1 aliphatic rings. The number of nitrogens with zero attached hydrogens (tertiary/aromatic N) is 1. The van der Waals surface area contributed by atoms with Crippen LogP contribution in [0.1, 0.15) is 31.4 Å². The minimum Gasteiger partial charge on any atom is -0.387 e. The number of likely N-dealkylation sites (N-methyl/N-ethyl adjacent to an activating group) is 1. The summed E-state index contributed by atoms with van der Waals surface area (Å²) in [5.41, 5.74) is 0.845. The van der Waals surface area contributed by atoms with E-state index in [-0.39, 0.29) is 12.6 Å². The third-order valence-corrected chi connectivity index (χ3v) is 4.46. The Hall–Kier alpha value is -1.11. The molecule has 0 radical (unpaired) electrons. The van der Waals surface area contributed by atoms with Gasteiger partial charge in [-0.05, 0) is 49.2 Å². The number of rotatable bonds is 7. The van der Waals surface area contributed by atoms with E-state index in [4.69, 9.17) is 0 Å². The van der Waals surface area contributed by atoms with Crippen molar-refractivity contribution in [3.05, 3.63) is 22.4 Å². The molecule has 0 aliphatic heterocycles. The number of aliphatic hydroxyl groups is 1. The first kappa shape index (κ1) is 15.3. The van der Waals surface area contributed by atoms with Gasteiger partial charge in [-0.2, -0.15) is 11.3 Å². The van der Waals surface area contributed by atoms with E-state index < -0.39 is 6.10 Å². The zero-order chi connectivity index (χ0) is 14.5. The molecule has 1 fully saturated rings. The highest BCUT2D eigenvalue weighted by Crippen LogP contribution is 2.26. The van der Waals surface area contributed by atoms with E-state index >= 15 is 0 Å². The molecule has 1 saturated carbocycles. The Kier molecular flexibility index (Phi) is 5.39. The highest BCUT2D eigenvalue weighted by molar-refractivity contribution is 7.07.